The monoisotopic (exact) mass is 302 g/mol. The minimum Gasteiger partial charge on any atom is -0.379 e. The van der Waals surface area contributed by atoms with Gasteiger partial charge in [-0.2, -0.15) is 0 Å². The van der Waals surface area contributed by atoms with E-state index in [-0.39, 0.29) is 12.5 Å². The molecule has 22 heavy (non-hydrogen) atoms. The van der Waals surface area contributed by atoms with Crippen LogP contribution >= 0.6 is 0 Å². The lowest BCUT2D eigenvalue weighted by Crippen LogP contribution is -2.38. The van der Waals surface area contributed by atoms with Crippen molar-refractivity contribution in [2.75, 3.05) is 40.0 Å². The molecule has 1 fully saturated rings. The Morgan fingerprint density at radius 2 is 2.36 bits per heavy atom. The largest absolute Gasteiger partial charge is 0.379 e. The van der Waals surface area contributed by atoms with Crippen molar-refractivity contribution in [3.8, 4) is 0 Å². The molecule has 1 aromatic carbocycles. The van der Waals surface area contributed by atoms with E-state index >= 15 is 0 Å². The number of fused-ring (bicyclic) bond motifs is 1. The Hall–Kier alpha value is -1.85. The molecule has 0 saturated carbocycles. The van der Waals surface area contributed by atoms with E-state index in [1.807, 2.05) is 11.1 Å². The summed E-state index contributed by atoms with van der Waals surface area (Å²) < 4.78 is 10.6. The molecule has 1 amide bonds. The van der Waals surface area contributed by atoms with Gasteiger partial charge in [-0.3, -0.25) is 4.79 Å². The molecular formula is C17H22N2O3. The molecule has 0 bridgehead atoms. The molecule has 3 rings (SSSR count). The highest BCUT2D eigenvalue weighted by atomic mass is 16.5. The van der Waals surface area contributed by atoms with Gasteiger partial charge in [0.05, 0.1) is 13.2 Å². The zero-order valence-electron chi connectivity index (χ0n) is 12.9. The summed E-state index contributed by atoms with van der Waals surface area (Å²) in [6.07, 6.45) is 2.87. The molecular weight excluding hydrogens is 280 g/mol. The molecule has 0 aliphatic carbocycles. The van der Waals surface area contributed by atoms with Crippen molar-refractivity contribution in [2.24, 2.45) is 5.92 Å². The number of carbonyl (C=O) groups is 1. The number of H-pyrrole nitrogens is 1. The van der Waals surface area contributed by atoms with Crippen LogP contribution in [-0.2, 0) is 20.7 Å². The van der Waals surface area contributed by atoms with Crippen LogP contribution in [-0.4, -0.2) is 55.8 Å². The lowest BCUT2D eigenvalue weighted by molar-refractivity contribution is -0.135. The normalized spacial score (nSPS) is 19.3. The first-order valence-corrected chi connectivity index (χ1v) is 7.67. The maximum Gasteiger partial charge on any atom is 0.248 e. The van der Waals surface area contributed by atoms with Gasteiger partial charge in [0.2, 0.25) is 5.91 Å². The molecule has 0 radical (unpaired) electrons. The maximum absolute atomic E-state index is 12.0. The first-order chi connectivity index (χ1) is 10.8. The summed E-state index contributed by atoms with van der Waals surface area (Å²) >= 11 is 0. The van der Waals surface area contributed by atoms with Crippen LogP contribution in [0.4, 0.5) is 0 Å². The SMILES string of the molecule is COCC(=O)N1CCOC[C@H](Cc2ccc3[nH]ccc3c2)C1. The lowest BCUT2D eigenvalue weighted by Gasteiger charge is -2.23. The highest BCUT2D eigenvalue weighted by molar-refractivity contribution is 5.80. The Morgan fingerprint density at radius 3 is 3.23 bits per heavy atom. The van der Waals surface area contributed by atoms with Gasteiger partial charge in [-0.05, 0) is 35.6 Å². The van der Waals surface area contributed by atoms with E-state index in [4.69, 9.17) is 9.47 Å². The summed E-state index contributed by atoms with van der Waals surface area (Å²) in [6.45, 7) is 2.82. The molecule has 5 heteroatoms. The molecule has 2 aromatic rings. The van der Waals surface area contributed by atoms with E-state index in [0.717, 1.165) is 18.5 Å². The summed E-state index contributed by atoms with van der Waals surface area (Å²) in [4.78, 5) is 17.1. The average Bonchev–Trinajstić information content (AvgIpc) is 2.85. The van der Waals surface area contributed by atoms with Crippen LogP contribution in [0, 0.1) is 5.92 Å². The van der Waals surface area contributed by atoms with Gasteiger partial charge >= 0.3 is 0 Å². The second-order valence-corrected chi connectivity index (χ2v) is 5.82. The van der Waals surface area contributed by atoms with Crippen LogP contribution in [0.5, 0.6) is 0 Å². The number of nitrogens with one attached hydrogen (secondary N) is 1. The molecule has 1 aromatic heterocycles. The number of amides is 1. The van der Waals surface area contributed by atoms with Crippen LogP contribution in [0.3, 0.4) is 0 Å². The quantitative estimate of drug-likeness (QED) is 0.937. The van der Waals surface area contributed by atoms with Crippen molar-refractivity contribution in [3.05, 3.63) is 36.0 Å². The standard InChI is InChI=1S/C17H22N2O3/c1-21-12-17(20)19-6-7-22-11-14(10-19)8-13-2-3-16-15(9-13)4-5-18-16/h2-5,9,14,18H,6-8,10-12H2,1H3/t14-/m1/s1. The van der Waals surface area contributed by atoms with Crippen molar-refractivity contribution < 1.29 is 14.3 Å². The first-order valence-electron chi connectivity index (χ1n) is 7.67. The first kappa shape index (κ1) is 15.1. The summed E-state index contributed by atoms with van der Waals surface area (Å²) in [5.74, 6) is 0.360. The van der Waals surface area contributed by atoms with Crippen LogP contribution in [0.15, 0.2) is 30.5 Å². The average molecular weight is 302 g/mol. The molecule has 0 spiro atoms. The Balaban J connectivity index is 1.68. The van der Waals surface area contributed by atoms with Crippen LogP contribution in [0.1, 0.15) is 5.56 Å². The van der Waals surface area contributed by atoms with Gasteiger partial charge in [0, 0.05) is 37.8 Å². The van der Waals surface area contributed by atoms with Crippen molar-refractivity contribution in [2.45, 2.75) is 6.42 Å². The molecule has 5 nitrogen and oxygen atoms in total. The van der Waals surface area contributed by atoms with Crippen molar-refractivity contribution in [1.82, 2.24) is 9.88 Å². The number of benzene rings is 1. The van der Waals surface area contributed by atoms with E-state index in [9.17, 15) is 4.79 Å². The highest BCUT2D eigenvalue weighted by Crippen LogP contribution is 2.19. The Kier molecular flexibility index (Phi) is 4.75. The molecule has 1 aliphatic rings. The fraction of sp³-hybridized carbons (Fsp3) is 0.471. The predicted molar refractivity (Wildman–Crippen MR) is 84.8 cm³/mol. The molecule has 2 heterocycles. The second kappa shape index (κ2) is 6.94. The van der Waals surface area contributed by atoms with E-state index in [2.05, 4.69) is 29.2 Å². The van der Waals surface area contributed by atoms with Gasteiger partial charge in [-0.25, -0.2) is 0 Å². The fourth-order valence-corrected chi connectivity index (χ4v) is 3.01. The number of rotatable bonds is 4. The number of ether oxygens (including phenoxy) is 2. The van der Waals surface area contributed by atoms with Crippen LogP contribution in [0.2, 0.25) is 0 Å². The predicted octanol–water partition coefficient (Wildman–Crippen LogP) is 1.83. The number of carbonyl (C=O) groups excluding carboxylic acids is 1. The van der Waals surface area contributed by atoms with Crippen molar-refractivity contribution in [1.29, 1.82) is 0 Å². The van der Waals surface area contributed by atoms with Crippen molar-refractivity contribution >= 4 is 16.8 Å². The van der Waals surface area contributed by atoms with E-state index < -0.39 is 0 Å². The lowest BCUT2D eigenvalue weighted by atomic mass is 9.98. The van der Waals surface area contributed by atoms with E-state index in [1.54, 1.807) is 7.11 Å². The van der Waals surface area contributed by atoms with Crippen LogP contribution in [0.25, 0.3) is 10.9 Å². The highest BCUT2D eigenvalue weighted by Gasteiger charge is 2.22. The van der Waals surface area contributed by atoms with E-state index in [0.29, 0.717) is 25.7 Å². The molecule has 1 aliphatic heterocycles. The molecule has 1 atom stereocenters. The summed E-state index contributed by atoms with van der Waals surface area (Å²) in [5.41, 5.74) is 2.43. The number of aromatic nitrogens is 1. The zero-order chi connectivity index (χ0) is 15.4. The number of hydrogen-bond donors (Lipinski definition) is 1. The fourth-order valence-electron chi connectivity index (χ4n) is 3.01. The third kappa shape index (κ3) is 3.48. The molecule has 118 valence electrons. The number of nitrogens with zero attached hydrogens (tertiary/aromatic N) is 1. The van der Waals surface area contributed by atoms with Gasteiger partial charge in [0.25, 0.3) is 0 Å². The van der Waals surface area contributed by atoms with Gasteiger partial charge in [0.1, 0.15) is 6.61 Å². The Labute approximate surface area is 130 Å². The van der Waals surface area contributed by atoms with Gasteiger partial charge in [-0.1, -0.05) is 6.07 Å². The topological polar surface area (TPSA) is 54.6 Å². The third-order valence-corrected chi connectivity index (χ3v) is 4.10. The number of aromatic amines is 1. The Morgan fingerprint density at radius 1 is 1.45 bits per heavy atom. The smallest absolute Gasteiger partial charge is 0.248 e. The van der Waals surface area contributed by atoms with Gasteiger partial charge < -0.3 is 19.4 Å². The molecule has 1 N–H and O–H groups in total. The second-order valence-electron chi connectivity index (χ2n) is 5.82. The third-order valence-electron chi connectivity index (χ3n) is 4.10. The maximum atomic E-state index is 12.0. The summed E-state index contributed by atoms with van der Waals surface area (Å²) in [7, 11) is 1.55. The van der Waals surface area contributed by atoms with Gasteiger partial charge in [0.15, 0.2) is 0 Å². The minimum atomic E-state index is 0.0408. The summed E-state index contributed by atoms with van der Waals surface area (Å²) in [5, 5.41) is 1.22. The Bertz CT molecular complexity index is 638. The zero-order valence-corrected chi connectivity index (χ0v) is 12.9. The van der Waals surface area contributed by atoms with E-state index in [1.165, 1.54) is 10.9 Å². The minimum absolute atomic E-state index is 0.0408. The summed E-state index contributed by atoms with van der Waals surface area (Å²) in [6, 6.07) is 8.54. The van der Waals surface area contributed by atoms with Crippen molar-refractivity contribution in [3.63, 3.8) is 0 Å². The van der Waals surface area contributed by atoms with Gasteiger partial charge in [-0.15, -0.1) is 0 Å². The number of hydrogen-bond acceptors (Lipinski definition) is 3. The molecule has 0 unspecified atom stereocenters. The van der Waals surface area contributed by atoms with Crippen LogP contribution < -0.4 is 0 Å². The molecule has 1 saturated heterocycles. The number of methoxy groups -OCH3 is 1.